The van der Waals surface area contributed by atoms with Crippen LogP contribution in [0.25, 0.3) is 0 Å². The van der Waals surface area contributed by atoms with E-state index in [9.17, 15) is 18.0 Å². The van der Waals surface area contributed by atoms with Gasteiger partial charge in [-0.2, -0.15) is 18.3 Å². The van der Waals surface area contributed by atoms with Crippen molar-refractivity contribution in [3.05, 3.63) is 33.6 Å². The first-order valence-corrected chi connectivity index (χ1v) is 5.74. The number of aromatic amines is 1. The highest BCUT2D eigenvalue weighted by Crippen LogP contribution is 2.32. The summed E-state index contributed by atoms with van der Waals surface area (Å²) in [5, 5.41) is 9.37. The second kappa shape index (κ2) is 4.45. The lowest BCUT2D eigenvalue weighted by Crippen LogP contribution is -2.12. The molecule has 0 aliphatic heterocycles. The quantitative estimate of drug-likeness (QED) is 0.885. The van der Waals surface area contributed by atoms with Gasteiger partial charge in [-0.25, -0.2) is 0 Å². The Morgan fingerprint density at radius 3 is 2.72 bits per heavy atom. The Balaban J connectivity index is 2.21. The van der Waals surface area contributed by atoms with Gasteiger partial charge in [0.05, 0.1) is 4.88 Å². The molecule has 2 N–H and O–H groups in total. The predicted octanol–water partition coefficient (Wildman–Crippen LogP) is 3.05. The number of rotatable bonds is 2. The van der Waals surface area contributed by atoms with Gasteiger partial charge < -0.3 is 5.32 Å². The third-order valence-electron chi connectivity index (χ3n) is 2.27. The molecule has 2 heterocycles. The number of halogens is 3. The van der Waals surface area contributed by atoms with Crippen LogP contribution in [-0.2, 0) is 6.18 Å². The van der Waals surface area contributed by atoms with Crippen LogP contribution in [0.1, 0.15) is 20.9 Å². The number of aromatic nitrogens is 2. The lowest BCUT2D eigenvalue weighted by Gasteiger charge is -2.04. The minimum absolute atomic E-state index is 0.110. The second-order valence-electron chi connectivity index (χ2n) is 3.50. The predicted molar refractivity (Wildman–Crippen MR) is 60.6 cm³/mol. The smallest absolute Gasteiger partial charge is 0.304 e. The molecule has 0 fully saturated rings. The minimum atomic E-state index is -4.51. The van der Waals surface area contributed by atoms with E-state index in [4.69, 9.17) is 0 Å². The SMILES string of the molecule is Cc1c(NC(=O)c2cccs2)n[nH]c1C(F)(F)F. The highest BCUT2D eigenvalue weighted by molar-refractivity contribution is 7.12. The first-order valence-electron chi connectivity index (χ1n) is 4.86. The van der Waals surface area contributed by atoms with Crippen LogP contribution in [0, 0.1) is 6.92 Å². The molecule has 2 rings (SSSR count). The average molecular weight is 275 g/mol. The Labute approximate surface area is 104 Å². The van der Waals surface area contributed by atoms with Gasteiger partial charge in [0.2, 0.25) is 0 Å². The number of nitrogens with one attached hydrogen (secondary N) is 2. The van der Waals surface area contributed by atoms with Gasteiger partial charge in [-0.05, 0) is 18.4 Å². The molecule has 0 saturated carbocycles. The van der Waals surface area contributed by atoms with Crippen LogP contribution in [0.15, 0.2) is 17.5 Å². The van der Waals surface area contributed by atoms with Gasteiger partial charge in [-0.1, -0.05) is 6.07 Å². The van der Waals surface area contributed by atoms with E-state index in [1.54, 1.807) is 17.5 Å². The summed E-state index contributed by atoms with van der Waals surface area (Å²) in [6.07, 6.45) is -4.51. The van der Waals surface area contributed by atoms with Crippen molar-refractivity contribution in [1.82, 2.24) is 10.2 Å². The summed E-state index contributed by atoms with van der Waals surface area (Å²) in [6, 6.07) is 3.25. The molecule has 96 valence electrons. The molecule has 0 bridgehead atoms. The van der Waals surface area contributed by atoms with Gasteiger partial charge in [-0.15, -0.1) is 11.3 Å². The summed E-state index contributed by atoms with van der Waals surface area (Å²) >= 11 is 1.20. The summed E-state index contributed by atoms with van der Waals surface area (Å²) in [4.78, 5) is 12.1. The highest BCUT2D eigenvalue weighted by Gasteiger charge is 2.36. The molecule has 0 radical (unpaired) electrons. The summed E-state index contributed by atoms with van der Waals surface area (Å²) in [5.41, 5.74) is -1.09. The van der Waals surface area contributed by atoms with Crippen LogP contribution in [-0.4, -0.2) is 16.1 Å². The lowest BCUT2D eigenvalue weighted by molar-refractivity contribution is -0.141. The molecule has 1 amide bonds. The van der Waals surface area contributed by atoms with Crippen molar-refractivity contribution in [2.75, 3.05) is 5.32 Å². The molecule has 0 spiro atoms. The number of thiophene rings is 1. The van der Waals surface area contributed by atoms with E-state index in [0.29, 0.717) is 4.88 Å². The van der Waals surface area contributed by atoms with Gasteiger partial charge in [0.15, 0.2) is 5.82 Å². The molecule has 2 aromatic rings. The van der Waals surface area contributed by atoms with Crippen molar-refractivity contribution in [2.24, 2.45) is 0 Å². The normalized spacial score (nSPS) is 11.6. The van der Waals surface area contributed by atoms with Crippen LogP contribution in [0.5, 0.6) is 0 Å². The molecule has 0 aromatic carbocycles. The number of alkyl halides is 3. The van der Waals surface area contributed by atoms with Crippen LogP contribution in [0.3, 0.4) is 0 Å². The molecule has 0 unspecified atom stereocenters. The number of nitrogens with zero attached hydrogens (tertiary/aromatic N) is 1. The van der Waals surface area contributed by atoms with Crippen LogP contribution >= 0.6 is 11.3 Å². The zero-order valence-corrected chi connectivity index (χ0v) is 9.95. The Hall–Kier alpha value is -1.83. The van der Waals surface area contributed by atoms with E-state index in [0.717, 1.165) is 0 Å². The third kappa shape index (κ3) is 2.37. The number of carbonyl (C=O) groups is 1. The monoisotopic (exact) mass is 275 g/mol. The Kier molecular flexibility index (Phi) is 3.12. The third-order valence-corrected chi connectivity index (χ3v) is 3.14. The molecule has 0 aliphatic rings. The van der Waals surface area contributed by atoms with Gasteiger partial charge in [-0.3, -0.25) is 9.89 Å². The molecule has 0 saturated heterocycles. The summed E-state index contributed by atoms with van der Waals surface area (Å²) in [6.45, 7) is 1.25. The zero-order valence-electron chi connectivity index (χ0n) is 9.13. The maximum Gasteiger partial charge on any atom is 0.433 e. The Bertz CT molecular complexity index is 559. The van der Waals surface area contributed by atoms with E-state index in [1.807, 2.05) is 5.10 Å². The van der Waals surface area contributed by atoms with E-state index in [1.165, 1.54) is 18.3 Å². The van der Waals surface area contributed by atoms with Crippen molar-refractivity contribution in [3.63, 3.8) is 0 Å². The van der Waals surface area contributed by atoms with Gasteiger partial charge >= 0.3 is 6.18 Å². The van der Waals surface area contributed by atoms with Crippen molar-refractivity contribution in [2.45, 2.75) is 13.1 Å². The highest BCUT2D eigenvalue weighted by atomic mass is 32.1. The fraction of sp³-hybridized carbons (Fsp3) is 0.200. The summed E-state index contributed by atoms with van der Waals surface area (Å²) in [5.74, 6) is -0.589. The molecule has 2 aromatic heterocycles. The van der Waals surface area contributed by atoms with E-state index < -0.39 is 17.8 Å². The number of carbonyl (C=O) groups excluding carboxylic acids is 1. The van der Waals surface area contributed by atoms with Crippen molar-refractivity contribution < 1.29 is 18.0 Å². The Morgan fingerprint density at radius 1 is 1.50 bits per heavy atom. The van der Waals surface area contributed by atoms with Crippen molar-refractivity contribution in [1.29, 1.82) is 0 Å². The molecular formula is C10H8F3N3OS. The maximum absolute atomic E-state index is 12.5. The van der Waals surface area contributed by atoms with Crippen LogP contribution in [0.4, 0.5) is 19.0 Å². The van der Waals surface area contributed by atoms with Gasteiger partial charge in [0.1, 0.15) is 5.69 Å². The molecule has 4 nitrogen and oxygen atoms in total. The number of hydrogen-bond donors (Lipinski definition) is 2. The number of amides is 1. The lowest BCUT2D eigenvalue weighted by atomic mass is 10.2. The largest absolute Gasteiger partial charge is 0.433 e. The van der Waals surface area contributed by atoms with Crippen molar-refractivity contribution in [3.8, 4) is 0 Å². The second-order valence-corrected chi connectivity index (χ2v) is 4.45. The Morgan fingerprint density at radius 2 is 2.22 bits per heavy atom. The minimum Gasteiger partial charge on any atom is -0.304 e. The van der Waals surface area contributed by atoms with Crippen LogP contribution < -0.4 is 5.32 Å². The van der Waals surface area contributed by atoms with E-state index >= 15 is 0 Å². The number of hydrogen-bond acceptors (Lipinski definition) is 3. The molecule has 0 atom stereocenters. The summed E-state index contributed by atoms with van der Waals surface area (Å²) in [7, 11) is 0. The topological polar surface area (TPSA) is 57.8 Å². The maximum atomic E-state index is 12.5. The van der Waals surface area contributed by atoms with Crippen molar-refractivity contribution >= 4 is 23.1 Å². The fourth-order valence-electron chi connectivity index (χ4n) is 1.37. The number of anilines is 1. The first-order chi connectivity index (χ1) is 8.39. The fourth-order valence-corrected chi connectivity index (χ4v) is 1.99. The van der Waals surface area contributed by atoms with Crippen LogP contribution in [0.2, 0.25) is 0 Å². The molecular weight excluding hydrogens is 267 g/mol. The standard InChI is InChI=1S/C10H8F3N3OS/c1-5-7(10(11,12)13)15-16-8(5)14-9(17)6-3-2-4-18-6/h2-4H,1H3,(H2,14,15,16,17). The zero-order chi connectivity index (χ0) is 13.3. The van der Waals surface area contributed by atoms with Gasteiger partial charge in [0.25, 0.3) is 5.91 Å². The molecule has 8 heteroatoms. The number of H-pyrrole nitrogens is 1. The van der Waals surface area contributed by atoms with Gasteiger partial charge in [0, 0.05) is 5.56 Å². The van der Waals surface area contributed by atoms with E-state index in [2.05, 4.69) is 10.4 Å². The first kappa shape index (κ1) is 12.6. The average Bonchev–Trinajstić information content (AvgIpc) is 2.87. The summed E-state index contributed by atoms with van der Waals surface area (Å²) < 4.78 is 37.5. The molecule has 18 heavy (non-hydrogen) atoms. The molecule has 0 aliphatic carbocycles. The van der Waals surface area contributed by atoms with E-state index in [-0.39, 0.29) is 11.4 Å².